The van der Waals surface area contributed by atoms with Crippen LogP contribution in [0.2, 0.25) is 0 Å². The zero-order valence-corrected chi connectivity index (χ0v) is 21.4. The molecule has 8 nitrogen and oxygen atoms in total. The minimum atomic E-state index is -1.15. The van der Waals surface area contributed by atoms with E-state index >= 15 is 0 Å². The molecule has 1 saturated heterocycles. The van der Waals surface area contributed by atoms with Crippen molar-refractivity contribution in [2.24, 2.45) is 5.92 Å². The Morgan fingerprint density at radius 3 is 2.17 bits per heavy atom. The van der Waals surface area contributed by atoms with Gasteiger partial charge in [0.25, 0.3) is 0 Å². The number of carboxylic acid groups (broad SMARTS) is 1. The highest BCUT2D eigenvalue weighted by molar-refractivity contribution is 5.91. The summed E-state index contributed by atoms with van der Waals surface area (Å²) in [5.41, 5.74) is 3.30. The third kappa shape index (κ3) is 4.57. The van der Waals surface area contributed by atoms with Gasteiger partial charge in [0.1, 0.15) is 18.4 Å². The minimum Gasteiger partial charge on any atom is -0.480 e. The van der Waals surface area contributed by atoms with Gasteiger partial charge in [0, 0.05) is 5.92 Å². The minimum absolute atomic E-state index is 0.107. The van der Waals surface area contributed by atoms with Gasteiger partial charge < -0.3 is 19.9 Å². The normalized spacial score (nSPS) is 21.9. The van der Waals surface area contributed by atoms with Gasteiger partial charge in [-0.1, -0.05) is 68.8 Å². The lowest BCUT2D eigenvalue weighted by Gasteiger charge is -2.36. The molecule has 0 radical (unpaired) electrons. The monoisotopic (exact) mass is 494 g/mol. The second kappa shape index (κ2) is 9.93. The Bertz CT molecular complexity index is 1120. The van der Waals surface area contributed by atoms with E-state index in [1.807, 2.05) is 50.2 Å². The van der Waals surface area contributed by atoms with Gasteiger partial charge in [-0.15, -0.1) is 0 Å². The number of ether oxygens (including phenoxy) is 2. The molecule has 1 aliphatic heterocycles. The van der Waals surface area contributed by atoms with E-state index in [0.29, 0.717) is 6.42 Å². The fourth-order valence-corrected chi connectivity index (χ4v) is 5.43. The second-order valence-corrected chi connectivity index (χ2v) is 10.1. The molecule has 0 aromatic heterocycles. The summed E-state index contributed by atoms with van der Waals surface area (Å²) in [7, 11) is 0. The molecule has 4 atom stereocenters. The van der Waals surface area contributed by atoms with Crippen molar-refractivity contribution in [2.45, 2.75) is 70.9 Å². The maximum Gasteiger partial charge on any atom is 0.407 e. The molecule has 0 unspecified atom stereocenters. The summed E-state index contributed by atoms with van der Waals surface area (Å²) >= 11 is 0. The summed E-state index contributed by atoms with van der Waals surface area (Å²) in [5, 5.41) is 12.5. The number of carbonyl (C=O) groups excluding carboxylic acids is 2. The van der Waals surface area contributed by atoms with E-state index in [2.05, 4.69) is 17.4 Å². The summed E-state index contributed by atoms with van der Waals surface area (Å²) in [6.07, 6.45) is -0.801. The number of fused-ring (bicyclic) bond motifs is 3. The molecular formula is C28H34N2O6. The second-order valence-electron chi connectivity index (χ2n) is 10.1. The average molecular weight is 495 g/mol. The van der Waals surface area contributed by atoms with Gasteiger partial charge in [0.05, 0.1) is 6.10 Å². The Morgan fingerprint density at radius 2 is 1.64 bits per heavy atom. The molecule has 36 heavy (non-hydrogen) atoms. The first kappa shape index (κ1) is 25.7. The highest BCUT2D eigenvalue weighted by Crippen LogP contribution is 2.44. The van der Waals surface area contributed by atoms with Gasteiger partial charge in [0.2, 0.25) is 5.91 Å². The molecule has 0 saturated carbocycles. The first-order chi connectivity index (χ1) is 17.1. The van der Waals surface area contributed by atoms with Crippen LogP contribution in [0.25, 0.3) is 11.1 Å². The number of hydrogen-bond donors (Lipinski definition) is 2. The molecule has 2 aliphatic rings. The van der Waals surface area contributed by atoms with Gasteiger partial charge in [-0.3, -0.25) is 9.69 Å². The van der Waals surface area contributed by atoms with E-state index in [-0.39, 0.29) is 18.4 Å². The zero-order chi connectivity index (χ0) is 26.2. The van der Waals surface area contributed by atoms with Crippen molar-refractivity contribution in [3.8, 4) is 11.1 Å². The van der Waals surface area contributed by atoms with Crippen LogP contribution >= 0.6 is 0 Å². The maximum atomic E-state index is 13.7. The van der Waals surface area contributed by atoms with E-state index in [1.165, 1.54) is 4.90 Å². The lowest BCUT2D eigenvalue weighted by Crippen LogP contribution is -2.59. The first-order valence-corrected chi connectivity index (χ1v) is 12.4. The van der Waals surface area contributed by atoms with Crippen LogP contribution < -0.4 is 5.32 Å². The topological polar surface area (TPSA) is 105 Å². The van der Waals surface area contributed by atoms with Crippen molar-refractivity contribution >= 4 is 18.0 Å². The van der Waals surface area contributed by atoms with Crippen LogP contribution in [-0.2, 0) is 19.1 Å². The van der Waals surface area contributed by atoms with Gasteiger partial charge in [-0.05, 0) is 48.9 Å². The predicted molar refractivity (Wildman–Crippen MR) is 134 cm³/mol. The number of aliphatic carboxylic acids is 1. The molecule has 1 fully saturated rings. The Hall–Kier alpha value is -3.39. The fourth-order valence-electron chi connectivity index (χ4n) is 5.43. The summed E-state index contributed by atoms with van der Waals surface area (Å²) < 4.78 is 11.4. The van der Waals surface area contributed by atoms with E-state index in [9.17, 15) is 19.5 Å². The van der Waals surface area contributed by atoms with Crippen molar-refractivity contribution in [1.82, 2.24) is 10.2 Å². The third-order valence-electron chi connectivity index (χ3n) is 7.36. The van der Waals surface area contributed by atoms with Gasteiger partial charge >= 0.3 is 12.1 Å². The molecule has 2 aromatic rings. The van der Waals surface area contributed by atoms with Crippen molar-refractivity contribution in [2.75, 3.05) is 6.61 Å². The Labute approximate surface area is 211 Å². The fraction of sp³-hybridized carbons (Fsp3) is 0.464. The van der Waals surface area contributed by atoms with E-state index in [4.69, 9.17) is 9.47 Å². The number of nitrogens with zero attached hydrogens (tertiary/aromatic N) is 1. The van der Waals surface area contributed by atoms with Crippen LogP contribution in [0.5, 0.6) is 0 Å². The van der Waals surface area contributed by atoms with E-state index in [0.717, 1.165) is 22.3 Å². The molecule has 1 aliphatic carbocycles. The summed E-state index contributed by atoms with van der Waals surface area (Å²) in [5.74, 6) is -2.01. The predicted octanol–water partition coefficient (Wildman–Crippen LogP) is 4.38. The molecule has 2 N–H and O–H groups in total. The molecule has 2 aromatic carbocycles. The van der Waals surface area contributed by atoms with Crippen molar-refractivity contribution in [1.29, 1.82) is 0 Å². The van der Waals surface area contributed by atoms with Crippen LogP contribution in [0.15, 0.2) is 48.5 Å². The number of carboxylic acids is 1. The Kier molecular flexibility index (Phi) is 7.09. The van der Waals surface area contributed by atoms with Crippen LogP contribution in [0, 0.1) is 5.92 Å². The van der Waals surface area contributed by atoms with Gasteiger partial charge in [-0.25, -0.2) is 9.59 Å². The number of benzene rings is 2. The Morgan fingerprint density at radius 1 is 1.08 bits per heavy atom. The number of alkyl carbamates (subject to hydrolysis) is 1. The number of nitrogens with one attached hydrogen (secondary N) is 1. The summed E-state index contributed by atoms with van der Waals surface area (Å²) in [6, 6.07) is 14.0. The molecule has 8 heteroatoms. The molecule has 192 valence electrons. The average Bonchev–Trinajstić information content (AvgIpc) is 3.29. The van der Waals surface area contributed by atoms with Gasteiger partial charge in [-0.2, -0.15) is 0 Å². The number of carbonyl (C=O) groups is 3. The van der Waals surface area contributed by atoms with Crippen molar-refractivity contribution in [3.63, 3.8) is 0 Å². The van der Waals surface area contributed by atoms with E-state index in [1.54, 1.807) is 20.8 Å². The lowest BCUT2D eigenvalue weighted by atomic mass is 9.96. The third-order valence-corrected chi connectivity index (χ3v) is 7.36. The molecular weight excluding hydrogens is 460 g/mol. The first-order valence-electron chi connectivity index (χ1n) is 12.4. The quantitative estimate of drug-likeness (QED) is 0.592. The van der Waals surface area contributed by atoms with Crippen molar-refractivity contribution < 1.29 is 29.0 Å². The maximum absolute atomic E-state index is 13.7. The van der Waals surface area contributed by atoms with E-state index < -0.39 is 41.9 Å². The van der Waals surface area contributed by atoms with Crippen LogP contribution in [0.3, 0.4) is 0 Å². The number of hydrogen-bond acceptors (Lipinski definition) is 5. The molecule has 2 amide bonds. The molecule has 0 bridgehead atoms. The smallest absolute Gasteiger partial charge is 0.407 e. The number of amides is 2. The highest BCUT2D eigenvalue weighted by Gasteiger charge is 2.53. The van der Waals surface area contributed by atoms with Crippen LogP contribution in [-0.4, -0.2) is 58.5 Å². The zero-order valence-electron chi connectivity index (χ0n) is 21.4. The van der Waals surface area contributed by atoms with Crippen molar-refractivity contribution in [3.05, 3.63) is 59.7 Å². The SMILES string of the molecule is CC[C@@H](C)[C@@H](NC(=O)OCC1c2ccccc2-c2ccccc21)C(=O)N1[C@@H](C(=O)O)[C@H](C)OC1(C)C. The molecule has 0 spiro atoms. The lowest BCUT2D eigenvalue weighted by molar-refractivity contribution is -0.157. The van der Waals surface area contributed by atoms with Crippen LogP contribution in [0.4, 0.5) is 4.79 Å². The Balaban J connectivity index is 1.51. The molecule has 1 heterocycles. The standard InChI is InChI=1S/C28H34N2O6/c1-6-16(2)23(25(31)30-24(26(32)33)17(3)36-28(30,4)5)29-27(34)35-15-22-20-13-9-7-11-18(20)19-12-8-10-14-21(19)22/h7-14,16-17,22-24H,6,15H2,1-5H3,(H,29,34)(H,32,33)/t16-,17+,23-,24-/m1/s1. The van der Waals surface area contributed by atoms with Crippen LogP contribution in [0.1, 0.15) is 58.1 Å². The molecule has 4 rings (SSSR count). The largest absolute Gasteiger partial charge is 0.480 e. The number of rotatable bonds is 7. The highest BCUT2D eigenvalue weighted by atomic mass is 16.6. The summed E-state index contributed by atoms with van der Waals surface area (Å²) in [4.78, 5) is 39.8. The summed E-state index contributed by atoms with van der Waals surface area (Å²) in [6.45, 7) is 8.82. The van der Waals surface area contributed by atoms with Gasteiger partial charge in [0.15, 0.2) is 6.04 Å².